The molecule has 1 aromatic heterocycles. The van der Waals surface area contributed by atoms with Gasteiger partial charge in [-0.05, 0) is 18.4 Å². The van der Waals surface area contributed by atoms with Crippen molar-refractivity contribution in [1.29, 1.82) is 0 Å². The number of amides is 2. The number of aromatic nitrogens is 1. The minimum Gasteiger partial charge on any atom is -0.481 e. The van der Waals surface area contributed by atoms with Gasteiger partial charge in [-0.1, -0.05) is 30.3 Å². The van der Waals surface area contributed by atoms with E-state index in [1.54, 1.807) is 13.1 Å². The van der Waals surface area contributed by atoms with Gasteiger partial charge < -0.3 is 20.2 Å². The van der Waals surface area contributed by atoms with Crippen molar-refractivity contribution >= 4 is 12.0 Å². The van der Waals surface area contributed by atoms with Crippen LogP contribution in [0.1, 0.15) is 30.1 Å². The van der Waals surface area contributed by atoms with Crippen LogP contribution in [0.25, 0.3) is 0 Å². The number of carbonyl (C=O) groups is 2. The van der Waals surface area contributed by atoms with Gasteiger partial charge in [0.2, 0.25) is 0 Å². The third-order valence-corrected chi connectivity index (χ3v) is 3.46. The number of aryl methyl sites for hydroxylation is 1. The number of urea groups is 1. The van der Waals surface area contributed by atoms with Crippen LogP contribution in [0.15, 0.2) is 40.9 Å². The molecule has 0 aliphatic carbocycles. The molecule has 0 fully saturated rings. The van der Waals surface area contributed by atoms with Crippen LogP contribution in [0.3, 0.4) is 0 Å². The van der Waals surface area contributed by atoms with Gasteiger partial charge in [0.05, 0.1) is 12.7 Å². The van der Waals surface area contributed by atoms with Crippen molar-refractivity contribution in [1.82, 2.24) is 15.6 Å². The number of carboxylic acids is 1. The summed E-state index contributed by atoms with van der Waals surface area (Å²) in [5, 5.41) is 14.4. The molecule has 1 atom stereocenters. The van der Waals surface area contributed by atoms with Crippen molar-refractivity contribution in [3.63, 3.8) is 0 Å². The number of hydrogen-bond acceptors (Lipinski definition) is 4. The number of aliphatic carboxylic acids is 1. The van der Waals surface area contributed by atoms with Gasteiger partial charge in [-0.25, -0.2) is 9.78 Å². The van der Waals surface area contributed by atoms with Crippen LogP contribution in [-0.2, 0) is 17.8 Å². The van der Waals surface area contributed by atoms with E-state index in [0.29, 0.717) is 24.5 Å². The lowest BCUT2D eigenvalue weighted by atomic mass is 10.0. The van der Waals surface area contributed by atoms with Crippen LogP contribution >= 0.6 is 0 Å². The smallest absolute Gasteiger partial charge is 0.315 e. The zero-order valence-electron chi connectivity index (χ0n) is 13.5. The Bertz CT molecular complexity index is 669. The molecule has 7 nitrogen and oxygen atoms in total. The molecule has 1 heterocycles. The first-order valence-corrected chi connectivity index (χ1v) is 7.74. The third kappa shape index (κ3) is 6.12. The molecule has 3 N–H and O–H groups in total. The highest BCUT2D eigenvalue weighted by Crippen LogP contribution is 2.08. The maximum Gasteiger partial charge on any atom is 0.315 e. The summed E-state index contributed by atoms with van der Waals surface area (Å²) in [6.07, 6.45) is 2.49. The van der Waals surface area contributed by atoms with Crippen molar-refractivity contribution in [2.45, 2.75) is 38.8 Å². The van der Waals surface area contributed by atoms with Crippen molar-refractivity contribution in [2.24, 2.45) is 0 Å². The Labute approximate surface area is 140 Å². The van der Waals surface area contributed by atoms with Crippen molar-refractivity contribution in [3.8, 4) is 0 Å². The van der Waals surface area contributed by atoms with Gasteiger partial charge in [-0.15, -0.1) is 0 Å². The van der Waals surface area contributed by atoms with Gasteiger partial charge in [0, 0.05) is 19.4 Å². The van der Waals surface area contributed by atoms with Crippen LogP contribution in [-0.4, -0.2) is 28.1 Å². The Morgan fingerprint density at radius 1 is 1.29 bits per heavy atom. The summed E-state index contributed by atoms with van der Waals surface area (Å²) in [7, 11) is 0. The summed E-state index contributed by atoms with van der Waals surface area (Å²) in [5.41, 5.74) is 1.04. The molecule has 1 unspecified atom stereocenters. The van der Waals surface area contributed by atoms with Gasteiger partial charge in [0.1, 0.15) is 5.76 Å². The topological polar surface area (TPSA) is 104 Å². The van der Waals surface area contributed by atoms with Crippen molar-refractivity contribution in [3.05, 3.63) is 53.7 Å². The molecule has 2 aromatic rings. The minimum absolute atomic E-state index is 0.000914. The summed E-state index contributed by atoms with van der Waals surface area (Å²) >= 11 is 0. The zero-order valence-corrected chi connectivity index (χ0v) is 13.5. The largest absolute Gasteiger partial charge is 0.481 e. The molecule has 0 aliphatic heterocycles. The minimum atomic E-state index is -0.882. The Morgan fingerprint density at radius 2 is 2.04 bits per heavy atom. The maximum absolute atomic E-state index is 12.0. The number of benzene rings is 1. The molecule has 0 bridgehead atoms. The Balaban J connectivity index is 1.88. The number of nitrogens with zero attached hydrogens (tertiary/aromatic N) is 1. The maximum atomic E-state index is 12.0. The van der Waals surface area contributed by atoms with E-state index >= 15 is 0 Å². The molecule has 7 heteroatoms. The number of rotatable bonds is 8. The normalized spacial score (nSPS) is 11.7. The second-order valence-electron chi connectivity index (χ2n) is 5.49. The number of nitrogens with one attached hydrogen (secondary N) is 2. The van der Waals surface area contributed by atoms with E-state index in [0.717, 1.165) is 5.56 Å². The van der Waals surface area contributed by atoms with E-state index in [4.69, 9.17) is 9.52 Å². The van der Waals surface area contributed by atoms with Crippen LogP contribution in [0.5, 0.6) is 0 Å². The molecule has 1 aromatic carbocycles. The van der Waals surface area contributed by atoms with E-state index in [1.807, 2.05) is 30.3 Å². The molecule has 24 heavy (non-hydrogen) atoms. The lowest BCUT2D eigenvalue weighted by Gasteiger charge is -2.18. The molecule has 0 spiro atoms. The van der Waals surface area contributed by atoms with Gasteiger partial charge >= 0.3 is 12.0 Å². The molecular weight excluding hydrogens is 310 g/mol. The van der Waals surface area contributed by atoms with E-state index in [-0.39, 0.29) is 25.0 Å². The fourth-order valence-corrected chi connectivity index (χ4v) is 2.31. The quantitative estimate of drug-likeness (QED) is 0.688. The molecule has 0 saturated heterocycles. The lowest BCUT2D eigenvalue weighted by molar-refractivity contribution is -0.137. The molecule has 0 saturated carbocycles. The zero-order chi connectivity index (χ0) is 17.4. The predicted molar refractivity (Wildman–Crippen MR) is 87.4 cm³/mol. The Morgan fingerprint density at radius 3 is 2.67 bits per heavy atom. The molecule has 2 rings (SSSR count). The van der Waals surface area contributed by atoms with Gasteiger partial charge in [-0.2, -0.15) is 0 Å². The van der Waals surface area contributed by atoms with Gasteiger partial charge in [-0.3, -0.25) is 4.79 Å². The Hall–Kier alpha value is -2.83. The van der Waals surface area contributed by atoms with Gasteiger partial charge in [0.15, 0.2) is 5.89 Å². The fourth-order valence-electron chi connectivity index (χ4n) is 2.31. The third-order valence-electron chi connectivity index (χ3n) is 3.46. The van der Waals surface area contributed by atoms with E-state index in [1.165, 1.54) is 0 Å². The van der Waals surface area contributed by atoms with Crippen molar-refractivity contribution < 1.29 is 19.1 Å². The summed E-state index contributed by atoms with van der Waals surface area (Å²) in [5.74, 6) is 0.218. The Kier molecular flexibility index (Phi) is 6.36. The molecule has 2 amide bonds. The summed E-state index contributed by atoms with van der Waals surface area (Å²) in [6, 6.07) is 9.01. The first-order chi connectivity index (χ1) is 11.5. The number of carboxylic acid groups (broad SMARTS) is 1. The van der Waals surface area contributed by atoms with Crippen LogP contribution < -0.4 is 10.6 Å². The standard InChI is InChI=1S/C17H21N3O4/c1-12-18-10-15(24-12)11-19-17(23)20-14(7-8-16(21)22)9-13-5-3-2-4-6-13/h2-6,10,14H,7-9,11H2,1H3,(H,21,22)(H2,19,20,23). The summed E-state index contributed by atoms with van der Waals surface area (Å²) in [6.45, 7) is 1.95. The highest BCUT2D eigenvalue weighted by Gasteiger charge is 2.15. The average molecular weight is 331 g/mol. The van der Waals surface area contributed by atoms with Gasteiger partial charge in [0.25, 0.3) is 0 Å². The van der Waals surface area contributed by atoms with Crippen LogP contribution in [0.4, 0.5) is 4.79 Å². The fraction of sp³-hybridized carbons (Fsp3) is 0.353. The average Bonchev–Trinajstić information content (AvgIpc) is 2.97. The second kappa shape index (κ2) is 8.71. The predicted octanol–water partition coefficient (Wildman–Crippen LogP) is 2.26. The van der Waals surface area contributed by atoms with Crippen LogP contribution in [0, 0.1) is 6.92 Å². The number of hydrogen-bond donors (Lipinski definition) is 3. The van der Waals surface area contributed by atoms with Crippen LogP contribution in [0.2, 0.25) is 0 Å². The lowest BCUT2D eigenvalue weighted by Crippen LogP contribution is -2.43. The second-order valence-corrected chi connectivity index (χ2v) is 5.49. The first kappa shape index (κ1) is 17.5. The SMILES string of the molecule is Cc1ncc(CNC(=O)NC(CCC(=O)O)Cc2ccccc2)o1. The molecule has 0 aliphatic rings. The van der Waals surface area contributed by atoms with E-state index in [2.05, 4.69) is 15.6 Å². The van der Waals surface area contributed by atoms with E-state index in [9.17, 15) is 9.59 Å². The molecular formula is C17H21N3O4. The highest BCUT2D eigenvalue weighted by atomic mass is 16.4. The monoisotopic (exact) mass is 331 g/mol. The molecule has 0 radical (unpaired) electrons. The first-order valence-electron chi connectivity index (χ1n) is 7.74. The van der Waals surface area contributed by atoms with E-state index < -0.39 is 5.97 Å². The number of carbonyl (C=O) groups excluding carboxylic acids is 1. The summed E-state index contributed by atoms with van der Waals surface area (Å²) in [4.78, 5) is 26.8. The molecule has 128 valence electrons. The number of oxazole rings is 1. The van der Waals surface area contributed by atoms with Crippen molar-refractivity contribution in [2.75, 3.05) is 0 Å². The summed E-state index contributed by atoms with van der Waals surface area (Å²) < 4.78 is 5.28. The highest BCUT2D eigenvalue weighted by molar-refractivity contribution is 5.74.